The van der Waals surface area contributed by atoms with Gasteiger partial charge in [-0.3, -0.25) is 9.89 Å². The van der Waals surface area contributed by atoms with Crippen molar-refractivity contribution in [2.45, 2.75) is 39.0 Å². The number of carbonyl (C=O) groups excluding carboxylic acids is 1. The second-order valence-electron chi connectivity index (χ2n) is 6.93. The normalized spacial score (nSPS) is 17.8. The molecule has 0 bridgehead atoms. The molecule has 0 radical (unpaired) electrons. The quantitative estimate of drug-likeness (QED) is 0.901. The fourth-order valence-electron chi connectivity index (χ4n) is 3.34. The lowest BCUT2D eigenvalue weighted by Crippen LogP contribution is -2.29. The summed E-state index contributed by atoms with van der Waals surface area (Å²) in [5.74, 6) is 0.305. The van der Waals surface area contributed by atoms with Crippen molar-refractivity contribution in [1.29, 1.82) is 0 Å². The predicted molar refractivity (Wildman–Crippen MR) is 96.2 cm³/mol. The second kappa shape index (κ2) is 6.30. The van der Waals surface area contributed by atoms with Crippen LogP contribution in [0.1, 0.15) is 37.8 Å². The Morgan fingerprint density at radius 3 is 2.54 bits per heavy atom. The molecule has 0 spiro atoms. The zero-order valence-corrected chi connectivity index (χ0v) is 14.1. The molecule has 1 aromatic carbocycles. The molecule has 1 aliphatic heterocycles. The van der Waals surface area contributed by atoms with E-state index in [2.05, 4.69) is 44.7 Å². The predicted octanol–water partition coefficient (Wildman–Crippen LogP) is 3.72. The zero-order valence-electron chi connectivity index (χ0n) is 14.1. The smallest absolute Gasteiger partial charge is 0.227 e. The fraction of sp³-hybridized carbons (Fsp3) is 0.474. The first kappa shape index (κ1) is 15.2. The van der Waals surface area contributed by atoms with E-state index in [-0.39, 0.29) is 11.8 Å². The third kappa shape index (κ3) is 3.03. The molecular weight excluding hydrogens is 300 g/mol. The molecule has 0 atom stereocenters. The van der Waals surface area contributed by atoms with Crippen molar-refractivity contribution < 1.29 is 4.79 Å². The SMILES string of the molecule is Cc1[nH]nc(-c2ccc(N3CCCCC3)cc2)c1NC(=O)C1CC1. The number of amides is 1. The van der Waals surface area contributed by atoms with Crippen molar-refractivity contribution in [2.75, 3.05) is 23.3 Å². The van der Waals surface area contributed by atoms with Crippen LogP contribution in [0.3, 0.4) is 0 Å². The van der Waals surface area contributed by atoms with Gasteiger partial charge in [0.15, 0.2) is 0 Å². The molecule has 0 unspecified atom stereocenters. The highest BCUT2D eigenvalue weighted by molar-refractivity contribution is 5.98. The average molecular weight is 324 g/mol. The van der Waals surface area contributed by atoms with Gasteiger partial charge >= 0.3 is 0 Å². The lowest BCUT2D eigenvalue weighted by atomic mass is 10.1. The van der Waals surface area contributed by atoms with Crippen molar-refractivity contribution in [3.63, 3.8) is 0 Å². The summed E-state index contributed by atoms with van der Waals surface area (Å²) in [5.41, 5.74) is 4.85. The Bertz CT molecular complexity index is 724. The Morgan fingerprint density at radius 2 is 1.88 bits per heavy atom. The van der Waals surface area contributed by atoms with Crippen LogP contribution in [0.15, 0.2) is 24.3 Å². The van der Waals surface area contributed by atoms with E-state index in [1.807, 2.05) is 6.92 Å². The van der Waals surface area contributed by atoms with Gasteiger partial charge < -0.3 is 10.2 Å². The highest BCUT2D eigenvalue weighted by Gasteiger charge is 2.30. The summed E-state index contributed by atoms with van der Waals surface area (Å²) < 4.78 is 0. The molecular formula is C19H24N4O. The Labute approximate surface area is 142 Å². The summed E-state index contributed by atoms with van der Waals surface area (Å²) in [6.45, 7) is 4.23. The lowest BCUT2D eigenvalue weighted by molar-refractivity contribution is -0.117. The summed E-state index contributed by atoms with van der Waals surface area (Å²) in [4.78, 5) is 14.6. The standard InChI is InChI=1S/C19H24N4O/c1-13-17(20-19(24)15-5-6-15)18(22-21-13)14-7-9-16(10-8-14)23-11-3-2-4-12-23/h7-10,15H,2-6,11-12H2,1H3,(H,20,24)(H,21,22). The molecule has 1 saturated heterocycles. The Morgan fingerprint density at radius 1 is 1.17 bits per heavy atom. The highest BCUT2D eigenvalue weighted by atomic mass is 16.2. The molecule has 1 saturated carbocycles. The number of rotatable bonds is 4. The largest absolute Gasteiger partial charge is 0.372 e. The van der Waals surface area contributed by atoms with Crippen LogP contribution in [0.4, 0.5) is 11.4 Å². The summed E-state index contributed by atoms with van der Waals surface area (Å²) in [6.07, 6.45) is 5.89. The molecule has 2 N–H and O–H groups in total. The van der Waals surface area contributed by atoms with Gasteiger partial charge in [0.05, 0.1) is 11.4 Å². The number of aromatic nitrogens is 2. The number of hydrogen-bond donors (Lipinski definition) is 2. The number of aryl methyl sites for hydroxylation is 1. The van der Waals surface area contributed by atoms with Gasteiger partial charge in [-0.25, -0.2) is 0 Å². The van der Waals surface area contributed by atoms with E-state index >= 15 is 0 Å². The highest BCUT2D eigenvalue weighted by Crippen LogP contribution is 2.34. The first-order valence-electron chi connectivity index (χ1n) is 8.93. The van der Waals surface area contributed by atoms with Gasteiger partial charge in [-0.2, -0.15) is 5.10 Å². The van der Waals surface area contributed by atoms with E-state index in [0.717, 1.165) is 48.6 Å². The number of piperidine rings is 1. The first-order valence-corrected chi connectivity index (χ1v) is 8.93. The molecule has 4 rings (SSSR count). The molecule has 1 aliphatic carbocycles. The van der Waals surface area contributed by atoms with Crippen LogP contribution >= 0.6 is 0 Å². The van der Waals surface area contributed by atoms with E-state index in [1.165, 1.54) is 24.9 Å². The maximum absolute atomic E-state index is 12.1. The van der Waals surface area contributed by atoms with Gasteiger partial charge in [-0.15, -0.1) is 0 Å². The van der Waals surface area contributed by atoms with E-state index in [4.69, 9.17) is 0 Å². The van der Waals surface area contributed by atoms with E-state index in [1.54, 1.807) is 0 Å². The molecule has 2 heterocycles. The summed E-state index contributed by atoms with van der Waals surface area (Å²) in [6, 6.07) is 8.53. The molecule has 5 nitrogen and oxygen atoms in total. The molecule has 2 fully saturated rings. The van der Waals surface area contributed by atoms with Gasteiger partial charge in [0.2, 0.25) is 5.91 Å². The van der Waals surface area contributed by atoms with Gasteiger partial charge in [0.25, 0.3) is 0 Å². The topological polar surface area (TPSA) is 61.0 Å². The molecule has 126 valence electrons. The second-order valence-corrected chi connectivity index (χ2v) is 6.93. The number of H-pyrrole nitrogens is 1. The van der Waals surface area contributed by atoms with E-state index < -0.39 is 0 Å². The maximum Gasteiger partial charge on any atom is 0.227 e. The molecule has 2 aromatic rings. The van der Waals surface area contributed by atoms with Crippen molar-refractivity contribution in [3.05, 3.63) is 30.0 Å². The van der Waals surface area contributed by atoms with E-state index in [9.17, 15) is 4.79 Å². The van der Waals surface area contributed by atoms with Gasteiger partial charge in [0, 0.05) is 30.3 Å². The lowest BCUT2D eigenvalue weighted by Gasteiger charge is -2.28. The molecule has 5 heteroatoms. The van der Waals surface area contributed by atoms with Gasteiger partial charge in [-0.05, 0) is 51.2 Å². The summed E-state index contributed by atoms with van der Waals surface area (Å²) >= 11 is 0. The number of anilines is 2. The zero-order chi connectivity index (χ0) is 16.5. The molecule has 1 aromatic heterocycles. The Hall–Kier alpha value is -2.30. The maximum atomic E-state index is 12.1. The third-order valence-corrected chi connectivity index (χ3v) is 5.01. The molecule has 24 heavy (non-hydrogen) atoms. The van der Waals surface area contributed by atoms with Crippen LogP contribution < -0.4 is 10.2 Å². The van der Waals surface area contributed by atoms with Crippen LogP contribution in [-0.4, -0.2) is 29.2 Å². The minimum absolute atomic E-state index is 0.116. The number of hydrogen-bond acceptors (Lipinski definition) is 3. The molecule has 2 aliphatic rings. The van der Waals surface area contributed by atoms with Crippen LogP contribution in [-0.2, 0) is 4.79 Å². The fourth-order valence-corrected chi connectivity index (χ4v) is 3.34. The van der Waals surface area contributed by atoms with Crippen molar-refractivity contribution in [3.8, 4) is 11.3 Å². The van der Waals surface area contributed by atoms with Crippen LogP contribution in [0.25, 0.3) is 11.3 Å². The van der Waals surface area contributed by atoms with E-state index in [0.29, 0.717) is 0 Å². The number of aromatic amines is 1. The minimum Gasteiger partial charge on any atom is -0.372 e. The van der Waals surface area contributed by atoms with Crippen molar-refractivity contribution >= 4 is 17.3 Å². The van der Waals surface area contributed by atoms with Crippen molar-refractivity contribution in [1.82, 2.24) is 10.2 Å². The average Bonchev–Trinajstić information content (AvgIpc) is 3.42. The number of benzene rings is 1. The van der Waals surface area contributed by atoms with Gasteiger partial charge in [0.1, 0.15) is 5.69 Å². The summed E-state index contributed by atoms with van der Waals surface area (Å²) in [7, 11) is 0. The third-order valence-electron chi connectivity index (χ3n) is 5.01. The monoisotopic (exact) mass is 324 g/mol. The van der Waals surface area contributed by atoms with Crippen LogP contribution in [0.2, 0.25) is 0 Å². The molecule has 1 amide bonds. The van der Waals surface area contributed by atoms with Crippen LogP contribution in [0.5, 0.6) is 0 Å². The van der Waals surface area contributed by atoms with Crippen LogP contribution in [0, 0.1) is 12.8 Å². The Kier molecular flexibility index (Phi) is 4.00. The number of nitrogens with zero attached hydrogens (tertiary/aromatic N) is 2. The van der Waals surface area contributed by atoms with Crippen molar-refractivity contribution in [2.24, 2.45) is 5.92 Å². The Balaban J connectivity index is 1.56. The first-order chi connectivity index (χ1) is 11.7. The number of carbonyl (C=O) groups is 1. The minimum atomic E-state index is 0.116. The van der Waals surface area contributed by atoms with Gasteiger partial charge in [-0.1, -0.05) is 12.1 Å². The summed E-state index contributed by atoms with van der Waals surface area (Å²) in [5, 5.41) is 10.5. The number of nitrogens with one attached hydrogen (secondary N) is 2.